The number of pyridine rings is 1. The highest BCUT2D eigenvalue weighted by atomic mass is 16.5. The first-order chi connectivity index (χ1) is 18.0. The van der Waals surface area contributed by atoms with Gasteiger partial charge in [0.15, 0.2) is 11.4 Å². The maximum absolute atomic E-state index is 11.4. The summed E-state index contributed by atoms with van der Waals surface area (Å²) in [5.74, 6) is -0.458. The average molecular weight is 507 g/mol. The second-order valence-electron chi connectivity index (χ2n) is 8.88. The number of nitrogens with zero attached hydrogens (tertiary/aromatic N) is 7. The van der Waals surface area contributed by atoms with Gasteiger partial charge in [0, 0.05) is 19.9 Å². The molecule has 4 rings (SSSR count). The molecule has 3 aromatic heterocycles. The van der Waals surface area contributed by atoms with Gasteiger partial charge in [-0.25, -0.2) is 19.6 Å². The molecule has 0 radical (unpaired) electrons. The number of ether oxygens (including phenoxy) is 2. The lowest BCUT2D eigenvalue weighted by Gasteiger charge is -2.27. The molecule has 0 aliphatic heterocycles. The van der Waals surface area contributed by atoms with Crippen LogP contribution in [0.1, 0.15) is 56.1 Å². The van der Waals surface area contributed by atoms with E-state index in [0.717, 1.165) is 30.7 Å². The minimum absolute atomic E-state index is 0.114. The van der Waals surface area contributed by atoms with Crippen LogP contribution in [0.15, 0.2) is 24.4 Å². The number of nitrogens with one attached hydrogen (secondary N) is 1. The van der Waals surface area contributed by atoms with E-state index >= 15 is 0 Å². The molecule has 1 aliphatic carbocycles. The Morgan fingerprint density at radius 3 is 2.95 bits per heavy atom. The number of aliphatic carboxylic acids is 1. The van der Waals surface area contributed by atoms with E-state index < -0.39 is 11.9 Å². The molecule has 0 amide bonds. The number of hydrogen-bond donors (Lipinski definition) is 2. The normalized spacial score (nSPS) is 17.2. The number of carbonyl (C=O) groups is 1. The number of aryl methyl sites for hydroxylation is 1. The number of nitriles is 1. The maximum atomic E-state index is 11.4. The Balaban J connectivity index is 1.47. The molecule has 2 N–H and O–H groups in total. The summed E-state index contributed by atoms with van der Waals surface area (Å²) in [4.78, 5) is 24.6. The van der Waals surface area contributed by atoms with Gasteiger partial charge in [0.1, 0.15) is 11.8 Å². The van der Waals surface area contributed by atoms with Gasteiger partial charge >= 0.3 is 5.97 Å². The smallest absolute Gasteiger partial charge is 0.306 e. The lowest BCUT2D eigenvalue weighted by Crippen LogP contribution is -2.29. The minimum atomic E-state index is -0.812. The SMILES string of the molecule is CCCOCc1ccnc(NCc2c(-c3ccc(O[C@H]4CCC[C@H](C(=O)O)C4)c(C#N)n3)nnn2C)n1. The van der Waals surface area contributed by atoms with E-state index in [2.05, 4.69) is 43.6 Å². The van der Waals surface area contributed by atoms with Gasteiger partial charge in [-0.1, -0.05) is 12.1 Å². The van der Waals surface area contributed by atoms with Crippen LogP contribution in [0.2, 0.25) is 0 Å². The van der Waals surface area contributed by atoms with E-state index in [1.807, 2.05) is 6.07 Å². The summed E-state index contributed by atoms with van der Waals surface area (Å²) >= 11 is 0. The molecule has 0 aromatic carbocycles. The Labute approximate surface area is 214 Å². The molecule has 194 valence electrons. The lowest BCUT2D eigenvalue weighted by atomic mass is 9.87. The zero-order chi connectivity index (χ0) is 26.2. The molecule has 1 fully saturated rings. The Kier molecular flexibility index (Phi) is 8.58. The Morgan fingerprint density at radius 1 is 1.30 bits per heavy atom. The van der Waals surface area contributed by atoms with Crippen molar-refractivity contribution in [3.8, 4) is 23.2 Å². The highest BCUT2D eigenvalue weighted by molar-refractivity contribution is 5.70. The molecule has 1 saturated carbocycles. The van der Waals surface area contributed by atoms with Crippen LogP contribution < -0.4 is 10.1 Å². The predicted octanol–water partition coefficient (Wildman–Crippen LogP) is 3.10. The summed E-state index contributed by atoms with van der Waals surface area (Å²) in [6, 6.07) is 7.30. The molecule has 37 heavy (non-hydrogen) atoms. The van der Waals surface area contributed by atoms with Crippen LogP contribution in [0, 0.1) is 17.2 Å². The lowest BCUT2D eigenvalue weighted by molar-refractivity contribution is -0.143. The monoisotopic (exact) mass is 506 g/mol. The van der Waals surface area contributed by atoms with Gasteiger partial charge in [-0.15, -0.1) is 5.10 Å². The second kappa shape index (κ2) is 12.2. The molecule has 0 spiro atoms. The fraction of sp³-hybridized carbons (Fsp3) is 0.480. The van der Waals surface area contributed by atoms with Crippen molar-refractivity contribution in [1.29, 1.82) is 5.26 Å². The van der Waals surface area contributed by atoms with Gasteiger partial charge in [0.05, 0.1) is 42.3 Å². The first-order valence-corrected chi connectivity index (χ1v) is 12.3. The fourth-order valence-electron chi connectivity index (χ4n) is 4.23. The van der Waals surface area contributed by atoms with Crippen molar-refractivity contribution in [2.24, 2.45) is 13.0 Å². The van der Waals surface area contributed by atoms with Gasteiger partial charge in [-0.05, 0) is 50.3 Å². The van der Waals surface area contributed by atoms with Crippen LogP contribution in [0.3, 0.4) is 0 Å². The van der Waals surface area contributed by atoms with Crippen LogP contribution in [0.25, 0.3) is 11.4 Å². The van der Waals surface area contributed by atoms with Crippen LogP contribution in [0.4, 0.5) is 5.95 Å². The topological polar surface area (TPSA) is 161 Å². The highest BCUT2D eigenvalue weighted by Crippen LogP contribution is 2.30. The molecule has 3 aromatic rings. The number of aromatic nitrogens is 6. The van der Waals surface area contributed by atoms with Crippen molar-refractivity contribution in [1.82, 2.24) is 29.9 Å². The zero-order valence-electron chi connectivity index (χ0n) is 20.9. The molecule has 3 heterocycles. The van der Waals surface area contributed by atoms with Crippen LogP contribution in [-0.2, 0) is 29.7 Å². The van der Waals surface area contributed by atoms with Gasteiger partial charge in [-0.2, -0.15) is 5.26 Å². The third-order valence-electron chi connectivity index (χ3n) is 6.14. The van der Waals surface area contributed by atoms with Crippen LogP contribution in [-0.4, -0.2) is 53.7 Å². The van der Waals surface area contributed by atoms with Gasteiger partial charge in [-0.3, -0.25) is 4.79 Å². The van der Waals surface area contributed by atoms with Crippen LogP contribution >= 0.6 is 0 Å². The van der Waals surface area contributed by atoms with Crippen molar-refractivity contribution in [2.75, 3.05) is 11.9 Å². The van der Waals surface area contributed by atoms with Crippen molar-refractivity contribution in [2.45, 2.75) is 58.3 Å². The molecule has 2 atom stereocenters. The standard InChI is InChI=1S/C25H30N8O4/c1-3-11-36-15-17-9-10-27-25(29-17)28-14-21-23(31-32-33(21)2)19-7-8-22(20(13-26)30-19)37-18-6-4-5-16(12-18)24(34)35/h7-10,16,18H,3-6,11-12,14-15H2,1-2H3,(H,34,35)(H,27,28,29)/t16-,18-/m0/s1. The molecule has 0 saturated heterocycles. The minimum Gasteiger partial charge on any atom is -0.487 e. The highest BCUT2D eigenvalue weighted by Gasteiger charge is 2.29. The summed E-state index contributed by atoms with van der Waals surface area (Å²) in [5, 5.41) is 30.6. The van der Waals surface area contributed by atoms with Crippen molar-refractivity contribution < 1.29 is 19.4 Å². The number of anilines is 1. The second-order valence-corrected chi connectivity index (χ2v) is 8.88. The largest absolute Gasteiger partial charge is 0.487 e. The van der Waals surface area contributed by atoms with Gasteiger partial charge in [0.25, 0.3) is 0 Å². The van der Waals surface area contributed by atoms with E-state index in [4.69, 9.17) is 9.47 Å². The van der Waals surface area contributed by atoms with E-state index in [1.165, 1.54) is 0 Å². The van der Waals surface area contributed by atoms with Crippen molar-refractivity contribution >= 4 is 11.9 Å². The molecule has 1 aliphatic rings. The number of carboxylic acids is 1. The summed E-state index contributed by atoms with van der Waals surface area (Å²) in [6.45, 7) is 3.46. The third kappa shape index (κ3) is 6.56. The summed E-state index contributed by atoms with van der Waals surface area (Å²) < 4.78 is 13.2. The molecule has 0 unspecified atom stereocenters. The molecule has 12 heteroatoms. The Morgan fingerprint density at radius 2 is 2.16 bits per heavy atom. The summed E-state index contributed by atoms with van der Waals surface area (Å²) in [5.41, 5.74) is 2.62. The number of hydrogen-bond acceptors (Lipinski definition) is 10. The quantitative estimate of drug-likeness (QED) is 0.368. The van der Waals surface area contributed by atoms with Crippen molar-refractivity contribution in [3.05, 3.63) is 41.5 Å². The number of carboxylic acid groups (broad SMARTS) is 1. The predicted molar refractivity (Wildman–Crippen MR) is 132 cm³/mol. The molecule has 0 bridgehead atoms. The van der Waals surface area contributed by atoms with Gasteiger partial charge < -0.3 is 19.9 Å². The van der Waals surface area contributed by atoms with E-state index in [9.17, 15) is 15.2 Å². The zero-order valence-corrected chi connectivity index (χ0v) is 20.9. The third-order valence-corrected chi connectivity index (χ3v) is 6.14. The Hall–Kier alpha value is -4.11. The summed E-state index contributed by atoms with van der Waals surface area (Å²) in [6.07, 6.45) is 4.90. The Bertz CT molecular complexity index is 1270. The first kappa shape index (κ1) is 26.0. The van der Waals surface area contributed by atoms with Gasteiger partial charge in [0.2, 0.25) is 5.95 Å². The van der Waals surface area contributed by atoms with E-state index in [1.54, 1.807) is 30.1 Å². The van der Waals surface area contributed by atoms with Crippen LogP contribution in [0.5, 0.6) is 5.75 Å². The number of rotatable bonds is 11. The van der Waals surface area contributed by atoms with Crippen molar-refractivity contribution in [3.63, 3.8) is 0 Å². The van der Waals surface area contributed by atoms with E-state index in [0.29, 0.717) is 55.7 Å². The molecular weight excluding hydrogens is 476 g/mol. The summed E-state index contributed by atoms with van der Waals surface area (Å²) in [7, 11) is 1.77. The first-order valence-electron chi connectivity index (χ1n) is 12.3. The average Bonchev–Trinajstić information content (AvgIpc) is 3.28. The maximum Gasteiger partial charge on any atom is 0.306 e. The fourth-order valence-corrected chi connectivity index (χ4v) is 4.23. The van der Waals surface area contributed by atoms with E-state index in [-0.39, 0.29) is 11.8 Å². The molecule has 12 nitrogen and oxygen atoms in total. The molecular formula is C25H30N8O4.